The van der Waals surface area contributed by atoms with E-state index in [9.17, 15) is 4.79 Å². The Morgan fingerprint density at radius 1 is 1.44 bits per heavy atom. The molecular weight excluding hydrogens is 246 g/mol. The second-order valence-electron chi connectivity index (χ2n) is 4.62. The summed E-state index contributed by atoms with van der Waals surface area (Å²) >= 11 is 1.85. The summed E-state index contributed by atoms with van der Waals surface area (Å²) in [7, 11) is 3.30. The van der Waals surface area contributed by atoms with Gasteiger partial charge in [0, 0.05) is 10.1 Å². The molecule has 18 heavy (non-hydrogen) atoms. The van der Waals surface area contributed by atoms with Crippen LogP contribution in [0.3, 0.4) is 0 Å². The molecule has 2 atom stereocenters. The molecule has 0 aromatic heterocycles. The summed E-state index contributed by atoms with van der Waals surface area (Å²) in [4.78, 5) is 13.1. The summed E-state index contributed by atoms with van der Waals surface area (Å²) in [6.07, 6.45) is 2.71. The number of methoxy groups -OCH3 is 1. The van der Waals surface area contributed by atoms with Gasteiger partial charge in [0.2, 0.25) is 0 Å². The molecule has 2 rings (SSSR count). The van der Waals surface area contributed by atoms with Crippen molar-refractivity contribution in [1.29, 1.82) is 0 Å². The van der Waals surface area contributed by atoms with Gasteiger partial charge in [-0.25, -0.2) is 0 Å². The first-order chi connectivity index (χ1) is 8.70. The Morgan fingerprint density at radius 2 is 2.17 bits per heavy atom. The number of ether oxygens (including phenoxy) is 1. The third-order valence-electron chi connectivity index (χ3n) is 3.57. The van der Waals surface area contributed by atoms with Crippen molar-refractivity contribution < 1.29 is 9.53 Å². The highest BCUT2D eigenvalue weighted by Crippen LogP contribution is 2.40. The second kappa shape index (κ2) is 5.76. The van der Waals surface area contributed by atoms with Crippen LogP contribution >= 0.6 is 11.8 Å². The van der Waals surface area contributed by atoms with Crippen LogP contribution in [0.4, 0.5) is 0 Å². The Hall–Kier alpha value is -1.00. The van der Waals surface area contributed by atoms with Crippen molar-refractivity contribution in [3.8, 4) is 0 Å². The highest BCUT2D eigenvalue weighted by Gasteiger charge is 2.45. The van der Waals surface area contributed by atoms with Gasteiger partial charge in [0.05, 0.1) is 7.11 Å². The third-order valence-corrected chi connectivity index (χ3v) is 4.85. The van der Waals surface area contributed by atoms with Gasteiger partial charge in [-0.05, 0) is 38.4 Å². The van der Waals surface area contributed by atoms with Crippen LogP contribution in [-0.2, 0) is 9.53 Å². The van der Waals surface area contributed by atoms with E-state index in [2.05, 4.69) is 17.4 Å². The first kappa shape index (κ1) is 13.4. The SMILES string of the molecule is CNC1(C(=O)OC)CCC(Sc2ccccc2)C1. The fourth-order valence-electron chi connectivity index (χ4n) is 2.50. The zero-order valence-electron chi connectivity index (χ0n) is 10.8. The highest BCUT2D eigenvalue weighted by atomic mass is 32.2. The normalized spacial score (nSPS) is 27.1. The number of hydrogen-bond donors (Lipinski definition) is 1. The molecule has 0 aliphatic heterocycles. The number of benzene rings is 1. The monoisotopic (exact) mass is 265 g/mol. The Morgan fingerprint density at radius 3 is 2.78 bits per heavy atom. The van der Waals surface area contributed by atoms with Gasteiger partial charge in [-0.3, -0.25) is 4.79 Å². The summed E-state index contributed by atoms with van der Waals surface area (Å²) in [5.41, 5.74) is -0.485. The molecular formula is C14H19NO2S. The molecule has 1 fully saturated rings. The van der Waals surface area contributed by atoms with Gasteiger partial charge < -0.3 is 10.1 Å². The second-order valence-corrected chi connectivity index (χ2v) is 5.99. The fraction of sp³-hybridized carbons (Fsp3) is 0.500. The number of hydrogen-bond acceptors (Lipinski definition) is 4. The molecule has 1 N–H and O–H groups in total. The predicted molar refractivity (Wildman–Crippen MR) is 73.7 cm³/mol. The number of esters is 1. The van der Waals surface area contributed by atoms with E-state index in [0.29, 0.717) is 5.25 Å². The summed E-state index contributed by atoms with van der Waals surface area (Å²) in [6, 6.07) is 10.3. The molecule has 0 bridgehead atoms. The van der Waals surface area contributed by atoms with Gasteiger partial charge >= 0.3 is 5.97 Å². The maximum absolute atomic E-state index is 11.9. The maximum Gasteiger partial charge on any atom is 0.326 e. The number of carbonyl (C=O) groups excluding carboxylic acids is 1. The molecule has 1 aliphatic rings. The van der Waals surface area contributed by atoms with E-state index >= 15 is 0 Å². The lowest BCUT2D eigenvalue weighted by molar-refractivity contribution is -0.148. The van der Waals surface area contributed by atoms with Crippen molar-refractivity contribution in [2.45, 2.75) is 34.9 Å². The van der Waals surface area contributed by atoms with E-state index in [4.69, 9.17) is 4.74 Å². The first-order valence-electron chi connectivity index (χ1n) is 6.19. The molecule has 0 saturated heterocycles. The summed E-state index contributed by atoms with van der Waals surface area (Å²) < 4.78 is 4.92. The van der Waals surface area contributed by atoms with Crippen LogP contribution in [0.25, 0.3) is 0 Å². The quantitative estimate of drug-likeness (QED) is 0.849. The zero-order chi connectivity index (χ0) is 13.0. The molecule has 3 nitrogen and oxygen atoms in total. The van der Waals surface area contributed by atoms with E-state index in [1.807, 2.05) is 37.0 Å². The Balaban J connectivity index is 2.01. The molecule has 1 aliphatic carbocycles. The molecule has 1 aromatic carbocycles. The third kappa shape index (κ3) is 2.70. The lowest BCUT2D eigenvalue weighted by atomic mass is 9.98. The number of thioether (sulfide) groups is 1. The minimum atomic E-state index is -0.485. The molecule has 4 heteroatoms. The Labute approximate surface area is 112 Å². The Kier molecular flexibility index (Phi) is 4.30. The van der Waals surface area contributed by atoms with Gasteiger partial charge in [-0.2, -0.15) is 0 Å². The fourth-order valence-corrected chi connectivity index (χ4v) is 3.80. The molecule has 2 unspecified atom stereocenters. The van der Waals surface area contributed by atoms with Crippen LogP contribution in [0.2, 0.25) is 0 Å². The zero-order valence-corrected chi connectivity index (χ0v) is 11.6. The minimum Gasteiger partial charge on any atom is -0.468 e. The summed E-state index contributed by atoms with van der Waals surface area (Å²) in [5, 5.41) is 3.63. The predicted octanol–water partition coefficient (Wildman–Crippen LogP) is 2.46. The number of carbonyl (C=O) groups is 1. The van der Waals surface area contributed by atoms with Crippen molar-refractivity contribution in [3.05, 3.63) is 30.3 Å². The summed E-state index contributed by atoms with van der Waals surface area (Å²) in [6.45, 7) is 0. The molecule has 0 radical (unpaired) electrons. The van der Waals surface area contributed by atoms with Crippen molar-refractivity contribution in [3.63, 3.8) is 0 Å². The van der Waals surface area contributed by atoms with Gasteiger partial charge in [-0.1, -0.05) is 18.2 Å². The van der Waals surface area contributed by atoms with Crippen LogP contribution in [-0.4, -0.2) is 30.9 Å². The average Bonchev–Trinajstić information content (AvgIpc) is 2.83. The van der Waals surface area contributed by atoms with Gasteiger partial charge in [0.15, 0.2) is 0 Å². The molecule has 0 spiro atoms. The maximum atomic E-state index is 11.9. The van der Waals surface area contributed by atoms with Crippen LogP contribution in [0.5, 0.6) is 0 Å². The van der Waals surface area contributed by atoms with Crippen LogP contribution in [0, 0.1) is 0 Å². The largest absolute Gasteiger partial charge is 0.468 e. The Bertz CT molecular complexity index is 410. The lowest BCUT2D eigenvalue weighted by Gasteiger charge is -2.25. The van der Waals surface area contributed by atoms with Crippen molar-refractivity contribution in [1.82, 2.24) is 5.32 Å². The van der Waals surface area contributed by atoms with Crippen LogP contribution < -0.4 is 5.32 Å². The minimum absolute atomic E-state index is 0.138. The number of likely N-dealkylation sites (N-methyl/N-ethyl adjacent to an activating group) is 1. The standard InChI is InChI=1S/C14H19NO2S/c1-15-14(13(16)17-2)9-8-12(10-14)18-11-6-4-3-5-7-11/h3-7,12,15H,8-10H2,1-2H3. The van der Waals surface area contributed by atoms with Crippen molar-refractivity contribution in [2.24, 2.45) is 0 Å². The molecule has 98 valence electrons. The van der Waals surface area contributed by atoms with Crippen LogP contribution in [0.1, 0.15) is 19.3 Å². The first-order valence-corrected chi connectivity index (χ1v) is 7.07. The van der Waals surface area contributed by atoms with Gasteiger partial charge in [0.25, 0.3) is 0 Å². The van der Waals surface area contributed by atoms with E-state index < -0.39 is 5.54 Å². The smallest absolute Gasteiger partial charge is 0.326 e. The molecule has 1 saturated carbocycles. The summed E-state index contributed by atoms with van der Waals surface area (Å²) in [5.74, 6) is -0.138. The van der Waals surface area contributed by atoms with Gasteiger partial charge in [0.1, 0.15) is 5.54 Å². The molecule has 1 aromatic rings. The molecule has 0 amide bonds. The topological polar surface area (TPSA) is 38.3 Å². The van der Waals surface area contributed by atoms with E-state index in [1.54, 1.807) is 0 Å². The van der Waals surface area contributed by atoms with Crippen LogP contribution in [0.15, 0.2) is 35.2 Å². The number of rotatable bonds is 4. The number of nitrogens with one attached hydrogen (secondary N) is 1. The van der Waals surface area contributed by atoms with E-state index in [-0.39, 0.29) is 5.97 Å². The molecule has 0 heterocycles. The average molecular weight is 265 g/mol. The van der Waals surface area contributed by atoms with E-state index in [0.717, 1.165) is 19.3 Å². The van der Waals surface area contributed by atoms with Crippen molar-refractivity contribution in [2.75, 3.05) is 14.2 Å². The van der Waals surface area contributed by atoms with E-state index in [1.165, 1.54) is 12.0 Å². The lowest BCUT2D eigenvalue weighted by Crippen LogP contribution is -2.49. The highest BCUT2D eigenvalue weighted by molar-refractivity contribution is 8.00. The van der Waals surface area contributed by atoms with Crippen molar-refractivity contribution >= 4 is 17.7 Å². The van der Waals surface area contributed by atoms with Gasteiger partial charge in [-0.15, -0.1) is 11.8 Å².